The molecule has 9 nitrogen and oxygen atoms in total. The van der Waals surface area contributed by atoms with E-state index in [4.69, 9.17) is 18.9 Å². The number of aryl methyl sites for hydroxylation is 1. The van der Waals surface area contributed by atoms with Gasteiger partial charge in [0, 0.05) is 18.2 Å². The van der Waals surface area contributed by atoms with Crippen molar-refractivity contribution in [2.45, 2.75) is 37.4 Å². The molecule has 1 aliphatic rings. The van der Waals surface area contributed by atoms with Crippen LogP contribution in [0.4, 0.5) is 0 Å². The Bertz CT molecular complexity index is 1530. The SMILES string of the molecule is COc1ccc(C(O[C@H]2C[C@H](n3cc(C)c(=O)[nH]c3=O)O[C@@H]2C=O)(c2ccccc2)c2ccc(OC)cc2)cc1. The van der Waals surface area contributed by atoms with Crippen LogP contribution >= 0.6 is 0 Å². The minimum absolute atomic E-state index is 0.190. The van der Waals surface area contributed by atoms with E-state index < -0.39 is 35.3 Å². The Morgan fingerprint density at radius 3 is 1.95 bits per heavy atom. The number of hydrogen-bond acceptors (Lipinski definition) is 7. The third kappa shape index (κ3) is 4.97. The molecule has 9 heteroatoms. The van der Waals surface area contributed by atoms with Crippen LogP contribution in [0.15, 0.2) is 94.6 Å². The number of carbonyl (C=O) groups excluding carboxylic acids is 1. The van der Waals surface area contributed by atoms with Crippen LogP contribution in [0.5, 0.6) is 11.5 Å². The summed E-state index contributed by atoms with van der Waals surface area (Å²) in [6, 6.07) is 24.8. The summed E-state index contributed by atoms with van der Waals surface area (Å²) in [5.41, 5.74) is 0.521. The first-order valence-electron chi connectivity index (χ1n) is 12.8. The Morgan fingerprint density at radius 1 is 0.875 bits per heavy atom. The molecule has 0 bridgehead atoms. The first kappa shape index (κ1) is 27.1. The molecule has 2 heterocycles. The number of aromatic amines is 1. The van der Waals surface area contributed by atoms with E-state index in [1.165, 1.54) is 10.8 Å². The Balaban J connectivity index is 1.65. The van der Waals surface area contributed by atoms with Gasteiger partial charge in [0.25, 0.3) is 5.56 Å². The lowest BCUT2D eigenvalue weighted by Crippen LogP contribution is -2.40. The summed E-state index contributed by atoms with van der Waals surface area (Å²) in [5.74, 6) is 1.37. The summed E-state index contributed by atoms with van der Waals surface area (Å²) < 4.78 is 25.1. The van der Waals surface area contributed by atoms with Gasteiger partial charge in [0.1, 0.15) is 29.4 Å². The predicted octanol–water partition coefficient (Wildman–Crippen LogP) is 3.73. The van der Waals surface area contributed by atoms with Gasteiger partial charge in [-0.25, -0.2) is 4.79 Å². The van der Waals surface area contributed by atoms with Gasteiger partial charge in [0.2, 0.25) is 0 Å². The number of H-pyrrole nitrogens is 1. The molecule has 0 radical (unpaired) electrons. The van der Waals surface area contributed by atoms with Crippen molar-refractivity contribution in [3.05, 3.63) is 128 Å². The van der Waals surface area contributed by atoms with E-state index in [0.29, 0.717) is 23.3 Å². The van der Waals surface area contributed by atoms with Crippen LogP contribution < -0.4 is 20.7 Å². The Morgan fingerprint density at radius 2 is 1.43 bits per heavy atom. The van der Waals surface area contributed by atoms with Crippen LogP contribution in [0.25, 0.3) is 0 Å². The first-order chi connectivity index (χ1) is 19.4. The fourth-order valence-electron chi connectivity index (χ4n) is 5.13. The second-order valence-corrected chi connectivity index (χ2v) is 9.57. The zero-order valence-corrected chi connectivity index (χ0v) is 22.4. The highest BCUT2D eigenvalue weighted by Gasteiger charge is 2.46. The van der Waals surface area contributed by atoms with Crippen molar-refractivity contribution in [1.82, 2.24) is 9.55 Å². The number of nitrogens with one attached hydrogen (secondary N) is 1. The lowest BCUT2D eigenvalue weighted by Gasteiger charge is -2.38. The van der Waals surface area contributed by atoms with E-state index in [9.17, 15) is 14.4 Å². The van der Waals surface area contributed by atoms with Gasteiger partial charge in [-0.1, -0.05) is 54.6 Å². The van der Waals surface area contributed by atoms with E-state index in [-0.39, 0.29) is 6.42 Å². The maximum absolute atomic E-state index is 12.6. The summed E-state index contributed by atoms with van der Waals surface area (Å²) in [6.07, 6.45) is -0.215. The number of rotatable bonds is 9. The third-order valence-electron chi connectivity index (χ3n) is 7.21. The summed E-state index contributed by atoms with van der Waals surface area (Å²) in [5, 5.41) is 0. The molecule has 1 aliphatic heterocycles. The molecule has 1 fully saturated rings. The lowest BCUT2D eigenvalue weighted by atomic mass is 9.79. The highest BCUT2D eigenvalue weighted by atomic mass is 16.6. The van der Waals surface area contributed by atoms with Crippen molar-refractivity contribution >= 4 is 6.29 Å². The maximum atomic E-state index is 12.6. The van der Waals surface area contributed by atoms with Gasteiger partial charge in [0.05, 0.1) is 20.3 Å². The van der Waals surface area contributed by atoms with E-state index in [1.807, 2.05) is 78.9 Å². The second kappa shape index (κ2) is 11.3. The molecule has 40 heavy (non-hydrogen) atoms. The van der Waals surface area contributed by atoms with Crippen molar-refractivity contribution in [3.8, 4) is 11.5 Å². The standard InChI is InChI=1S/C31H30N2O7/c1-20-18-33(30(36)32-29(20)35)28-17-26(27(19-34)39-28)40-31(21-7-5-4-6-8-21,22-9-13-24(37-2)14-10-22)23-11-15-25(38-3)16-12-23/h4-16,18-19,26-28H,17H2,1-3H3,(H,32,35,36)/t26-,27+,28+/m0/s1. The lowest BCUT2D eigenvalue weighted by molar-refractivity contribution is -0.130. The molecule has 5 rings (SSSR count). The molecule has 0 unspecified atom stereocenters. The minimum atomic E-state index is -1.17. The number of benzene rings is 3. The van der Waals surface area contributed by atoms with Crippen LogP contribution in [0.2, 0.25) is 0 Å². The van der Waals surface area contributed by atoms with Crippen molar-refractivity contribution in [1.29, 1.82) is 0 Å². The van der Waals surface area contributed by atoms with Crippen molar-refractivity contribution < 1.29 is 23.7 Å². The van der Waals surface area contributed by atoms with E-state index in [2.05, 4.69) is 4.98 Å². The van der Waals surface area contributed by atoms with Crippen molar-refractivity contribution in [2.24, 2.45) is 0 Å². The van der Waals surface area contributed by atoms with Gasteiger partial charge in [0.15, 0.2) is 6.29 Å². The van der Waals surface area contributed by atoms with Crippen LogP contribution in [0.3, 0.4) is 0 Å². The Kier molecular flexibility index (Phi) is 7.68. The second-order valence-electron chi connectivity index (χ2n) is 9.57. The topological polar surface area (TPSA) is 109 Å². The molecule has 4 aromatic rings. The van der Waals surface area contributed by atoms with Crippen molar-refractivity contribution in [2.75, 3.05) is 14.2 Å². The number of hydrogen-bond donors (Lipinski definition) is 1. The number of aldehydes is 1. The summed E-state index contributed by atoms with van der Waals surface area (Å²) >= 11 is 0. The smallest absolute Gasteiger partial charge is 0.330 e. The molecular weight excluding hydrogens is 512 g/mol. The Hall–Kier alpha value is -4.47. The van der Waals surface area contributed by atoms with E-state index >= 15 is 0 Å². The van der Waals surface area contributed by atoms with Gasteiger partial charge in [-0.3, -0.25) is 14.3 Å². The average molecular weight is 543 g/mol. The third-order valence-corrected chi connectivity index (χ3v) is 7.21. The predicted molar refractivity (Wildman–Crippen MR) is 148 cm³/mol. The molecule has 1 N–H and O–H groups in total. The molecule has 206 valence electrons. The summed E-state index contributed by atoms with van der Waals surface area (Å²) in [4.78, 5) is 39.1. The van der Waals surface area contributed by atoms with Gasteiger partial charge in [-0.15, -0.1) is 0 Å². The number of nitrogens with zero attached hydrogens (tertiary/aromatic N) is 1. The molecule has 3 atom stereocenters. The number of methoxy groups -OCH3 is 2. The maximum Gasteiger partial charge on any atom is 0.330 e. The normalized spacial score (nSPS) is 18.8. The molecule has 3 aromatic carbocycles. The van der Waals surface area contributed by atoms with Gasteiger partial charge in [-0.2, -0.15) is 0 Å². The molecule has 0 amide bonds. The molecular formula is C31H30N2O7. The molecule has 0 spiro atoms. The van der Waals surface area contributed by atoms with Gasteiger partial charge in [-0.05, 0) is 47.9 Å². The fraction of sp³-hybridized carbons (Fsp3) is 0.258. The number of carbonyl (C=O) groups is 1. The summed E-state index contributed by atoms with van der Waals surface area (Å²) in [7, 11) is 3.20. The number of aromatic nitrogens is 2. The monoisotopic (exact) mass is 542 g/mol. The summed E-state index contributed by atoms with van der Waals surface area (Å²) in [6.45, 7) is 1.60. The highest BCUT2D eigenvalue weighted by molar-refractivity contribution is 5.58. The quantitative estimate of drug-likeness (QED) is 0.254. The molecule has 1 saturated heterocycles. The van der Waals surface area contributed by atoms with E-state index in [0.717, 1.165) is 16.7 Å². The fourth-order valence-corrected chi connectivity index (χ4v) is 5.13. The Labute approximate surface area is 230 Å². The van der Waals surface area contributed by atoms with Crippen LogP contribution in [-0.4, -0.2) is 42.3 Å². The van der Waals surface area contributed by atoms with Gasteiger partial charge < -0.3 is 23.7 Å². The largest absolute Gasteiger partial charge is 0.497 e. The minimum Gasteiger partial charge on any atom is -0.497 e. The van der Waals surface area contributed by atoms with Gasteiger partial charge >= 0.3 is 5.69 Å². The molecule has 0 saturated carbocycles. The van der Waals surface area contributed by atoms with Crippen LogP contribution in [0, 0.1) is 6.92 Å². The van der Waals surface area contributed by atoms with Crippen LogP contribution in [-0.2, 0) is 19.9 Å². The average Bonchev–Trinajstić information content (AvgIpc) is 3.40. The zero-order chi connectivity index (χ0) is 28.3. The highest BCUT2D eigenvalue weighted by Crippen LogP contribution is 2.45. The zero-order valence-electron chi connectivity index (χ0n) is 22.4. The first-order valence-corrected chi connectivity index (χ1v) is 12.8. The van der Waals surface area contributed by atoms with E-state index in [1.54, 1.807) is 21.1 Å². The van der Waals surface area contributed by atoms with Crippen LogP contribution in [0.1, 0.15) is 34.9 Å². The number of ether oxygens (including phenoxy) is 4. The molecule has 0 aliphatic carbocycles. The molecule has 1 aromatic heterocycles. The van der Waals surface area contributed by atoms with Crippen molar-refractivity contribution in [3.63, 3.8) is 0 Å².